The maximum absolute atomic E-state index is 13.8. The number of carbonyl (C=O) groups excluding carboxylic acids is 2. The summed E-state index contributed by atoms with van der Waals surface area (Å²) < 4.78 is 21.7. The molecule has 1 unspecified atom stereocenters. The molecule has 0 N–H and O–H groups in total. The highest BCUT2D eigenvalue weighted by atomic mass is 35.5. The van der Waals surface area contributed by atoms with E-state index in [0.717, 1.165) is 11.1 Å². The molecule has 1 aliphatic heterocycles. The van der Waals surface area contributed by atoms with Crippen LogP contribution in [-0.4, -0.2) is 51.5 Å². The van der Waals surface area contributed by atoms with Crippen molar-refractivity contribution in [2.45, 2.75) is 38.5 Å². The normalized spacial score (nSPS) is 21.3. The van der Waals surface area contributed by atoms with E-state index in [9.17, 15) is 9.59 Å². The number of carbonyl (C=O) groups is 2. The molecular weight excluding hydrogens is 494 g/mol. The lowest BCUT2D eigenvalue weighted by atomic mass is 9.69. The maximum atomic E-state index is 13.8. The molecule has 196 valence electrons. The van der Waals surface area contributed by atoms with Crippen molar-refractivity contribution >= 4 is 29.1 Å². The fourth-order valence-electron chi connectivity index (χ4n) is 5.21. The van der Waals surface area contributed by atoms with Crippen molar-refractivity contribution in [2.24, 2.45) is 10.9 Å². The Balaban J connectivity index is 1.72. The third-order valence-electron chi connectivity index (χ3n) is 6.94. The van der Waals surface area contributed by atoms with Crippen LogP contribution in [0.5, 0.6) is 11.5 Å². The van der Waals surface area contributed by atoms with Gasteiger partial charge in [-0.1, -0.05) is 35.9 Å². The summed E-state index contributed by atoms with van der Waals surface area (Å²) in [6.45, 7) is 4.67. The van der Waals surface area contributed by atoms with Crippen molar-refractivity contribution in [3.63, 3.8) is 0 Å². The molecule has 0 saturated heterocycles. The first-order chi connectivity index (χ1) is 17.9. The van der Waals surface area contributed by atoms with Gasteiger partial charge in [0.1, 0.15) is 12.5 Å². The fourth-order valence-corrected chi connectivity index (χ4v) is 5.46. The van der Waals surface area contributed by atoms with Gasteiger partial charge < -0.3 is 18.9 Å². The van der Waals surface area contributed by atoms with Crippen molar-refractivity contribution < 1.29 is 28.5 Å². The molecule has 0 amide bonds. The maximum Gasteiger partial charge on any atom is 0.315 e. The average molecular weight is 526 g/mol. The lowest BCUT2D eigenvalue weighted by Crippen LogP contribution is -2.38. The molecular formula is C29H32ClNO6. The molecule has 0 fully saturated rings. The van der Waals surface area contributed by atoms with Gasteiger partial charge in [0.2, 0.25) is 0 Å². The predicted molar refractivity (Wildman–Crippen MR) is 142 cm³/mol. The molecule has 7 nitrogen and oxygen atoms in total. The van der Waals surface area contributed by atoms with Crippen LogP contribution in [-0.2, 0) is 19.1 Å². The minimum atomic E-state index is -0.748. The Morgan fingerprint density at radius 1 is 1.05 bits per heavy atom. The molecule has 1 aliphatic carbocycles. The number of methoxy groups -OCH3 is 2. The van der Waals surface area contributed by atoms with E-state index in [4.69, 9.17) is 35.5 Å². The number of hydrogen-bond donors (Lipinski definition) is 0. The molecule has 8 heteroatoms. The monoisotopic (exact) mass is 525 g/mol. The van der Waals surface area contributed by atoms with E-state index < -0.39 is 17.8 Å². The molecule has 3 atom stereocenters. The minimum Gasteiger partial charge on any atom is -0.493 e. The smallest absolute Gasteiger partial charge is 0.315 e. The first kappa shape index (κ1) is 26.9. The Morgan fingerprint density at radius 2 is 1.81 bits per heavy atom. The number of benzene rings is 2. The average Bonchev–Trinajstić information content (AvgIpc) is 2.90. The van der Waals surface area contributed by atoms with Crippen LogP contribution in [0.25, 0.3) is 0 Å². The first-order valence-corrected chi connectivity index (χ1v) is 12.8. The van der Waals surface area contributed by atoms with Crippen molar-refractivity contribution in [1.82, 2.24) is 0 Å². The number of ether oxygens (including phenoxy) is 4. The van der Waals surface area contributed by atoms with Gasteiger partial charge >= 0.3 is 5.97 Å². The summed E-state index contributed by atoms with van der Waals surface area (Å²) in [5.74, 6) is -0.643. The van der Waals surface area contributed by atoms with Crippen molar-refractivity contribution in [3.8, 4) is 11.5 Å². The number of Topliss-reactive ketones (excluding diaryl/α,β-unsaturated/α-hetero) is 1. The van der Waals surface area contributed by atoms with E-state index in [1.54, 1.807) is 20.3 Å². The molecule has 4 rings (SSSR count). The van der Waals surface area contributed by atoms with Gasteiger partial charge in [-0.3, -0.25) is 14.6 Å². The van der Waals surface area contributed by atoms with Crippen LogP contribution in [0.3, 0.4) is 0 Å². The van der Waals surface area contributed by atoms with Crippen LogP contribution < -0.4 is 9.47 Å². The van der Waals surface area contributed by atoms with Crippen molar-refractivity contribution in [1.29, 1.82) is 0 Å². The summed E-state index contributed by atoms with van der Waals surface area (Å²) in [4.78, 5) is 31.9. The summed E-state index contributed by atoms with van der Waals surface area (Å²) in [5, 5.41) is 0.496. The predicted octanol–water partition coefficient (Wildman–Crippen LogP) is 5.51. The van der Waals surface area contributed by atoms with Crippen LogP contribution in [0.1, 0.15) is 49.7 Å². The first-order valence-electron chi connectivity index (χ1n) is 12.4. The van der Waals surface area contributed by atoms with E-state index in [1.165, 1.54) is 0 Å². The Kier molecular flexibility index (Phi) is 8.67. The fraction of sp³-hybridized carbons (Fsp3) is 0.414. The minimum absolute atomic E-state index is 0.0469. The van der Waals surface area contributed by atoms with E-state index >= 15 is 0 Å². The molecule has 37 heavy (non-hydrogen) atoms. The van der Waals surface area contributed by atoms with E-state index in [-0.39, 0.29) is 24.7 Å². The molecule has 0 saturated carbocycles. The van der Waals surface area contributed by atoms with Gasteiger partial charge in [-0.15, -0.1) is 0 Å². The molecule has 0 spiro atoms. The van der Waals surface area contributed by atoms with Gasteiger partial charge in [-0.2, -0.15) is 0 Å². The van der Waals surface area contributed by atoms with Crippen LogP contribution in [0.15, 0.2) is 58.7 Å². The van der Waals surface area contributed by atoms with Crippen LogP contribution in [0, 0.1) is 5.92 Å². The van der Waals surface area contributed by atoms with E-state index in [1.807, 2.05) is 50.2 Å². The Labute approximate surface area is 222 Å². The molecule has 0 aromatic heterocycles. The standard InChI is InChI=1S/C29H32ClNO6/c1-5-36-12-13-37-29(33)26-17(2)31-22-14-19(18-10-11-24(34-3)25(16-18)35-4)15-23(32)28(22)27(26)20-8-6-7-9-21(20)30/h6-11,16,19,26-27H,5,12-15H2,1-4H3/t19-,26?,27+/m1/s1. The van der Waals surface area contributed by atoms with Gasteiger partial charge in [-0.25, -0.2) is 0 Å². The summed E-state index contributed by atoms with van der Waals surface area (Å²) in [5.41, 5.74) is 3.53. The zero-order chi connectivity index (χ0) is 26.5. The molecule has 2 aromatic carbocycles. The summed E-state index contributed by atoms with van der Waals surface area (Å²) in [6.07, 6.45) is 0.844. The van der Waals surface area contributed by atoms with Gasteiger partial charge in [0.15, 0.2) is 17.3 Å². The van der Waals surface area contributed by atoms with Gasteiger partial charge in [-0.05, 0) is 55.5 Å². The summed E-state index contributed by atoms with van der Waals surface area (Å²) in [7, 11) is 3.18. The van der Waals surface area contributed by atoms with Gasteiger partial charge in [0.25, 0.3) is 0 Å². The topological polar surface area (TPSA) is 83.4 Å². The van der Waals surface area contributed by atoms with E-state index in [0.29, 0.717) is 53.1 Å². The van der Waals surface area contributed by atoms with Crippen LogP contribution >= 0.6 is 11.6 Å². The molecule has 1 heterocycles. The third-order valence-corrected chi connectivity index (χ3v) is 7.28. The molecule has 2 aromatic rings. The number of allylic oxidation sites excluding steroid dienone is 2. The molecule has 2 aliphatic rings. The highest BCUT2D eigenvalue weighted by Crippen LogP contribution is 2.48. The number of nitrogens with zero attached hydrogens (tertiary/aromatic N) is 1. The zero-order valence-corrected chi connectivity index (χ0v) is 22.3. The van der Waals surface area contributed by atoms with Gasteiger partial charge in [0, 0.05) is 41.0 Å². The Bertz CT molecular complexity index is 1240. The van der Waals surface area contributed by atoms with Crippen molar-refractivity contribution in [3.05, 3.63) is 69.9 Å². The summed E-state index contributed by atoms with van der Waals surface area (Å²) >= 11 is 6.61. The number of halogens is 1. The second-order valence-electron chi connectivity index (χ2n) is 9.10. The Morgan fingerprint density at radius 3 is 2.51 bits per heavy atom. The largest absolute Gasteiger partial charge is 0.493 e. The number of aliphatic imine (C=N–C) groups is 1. The lowest BCUT2D eigenvalue weighted by Gasteiger charge is -2.37. The number of esters is 1. The van der Waals surface area contributed by atoms with Gasteiger partial charge in [0.05, 0.1) is 20.8 Å². The lowest BCUT2D eigenvalue weighted by molar-refractivity contribution is -0.148. The molecule has 0 radical (unpaired) electrons. The second-order valence-corrected chi connectivity index (χ2v) is 9.50. The number of hydrogen-bond acceptors (Lipinski definition) is 7. The Hall–Kier alpha value is -3.16. The number of ketones is 1. The highest BCUT2D eigenvalue weighted by Gasteiger charge is 2.45. The number of rotatable bonds is 9. The van der Waals surface area contributed by atoms with Crippen molar-refractivity contribution in [2.75, 3.05) is 34.0 Å². The van der Waals surface area contributed by atoms with Crippen LogP contribution in [0.4, 0.5) is 0 Å². The SMILES string of the molecule is CCOCCOC(=O)C1C(C)=NC2=C(C(=O)C[C@H](c3ccc(OC)c(OC)c3)C2)[C@H]1c1ccccc1Cl. The quantitative estimate of drug-likeness (QED) is 0.317. The molecule has 0 bridgehead atoms. The van der Waals surface area contributed by atoms with E-state index in [2.05, 4.69) is 0 Å². The second kappa shape index (κ2) is 11.9. The third kappa shape index (κ3) is 5.58. The summed E-state index contributed by atoms with van der Waals surface area (Å²) in [6, 6.07) is 13.0. The van der Waals surface area contributed by atoms with Crippen LogP contribution in [0.2, 0.25) is 5.02 Å². The zero-order valence-electron chi connectivity index (χ0n) is 21.6. The highest BCUT2D eigenvalue weighted by molar-refractivity contribution is 6.31.